The van der Waals surface area contributed by atoms with Crippen LogP contribution >= 0.6 is 0 Å². The van der Waals surface area contributed by atoms with E-state index in [1.807, 2.05) is 16.7 Å². The number of nitrogens with one attached hydrogen (secondary N) is 2. The molecule has 5 rings (SSSR count). The third-order valence-corrected chi connectivity index (χ3v) is 6.89. The molecule has 3 amide bonds. The molecule has 172 valence electrons. The maximum absolute atomic E-state index is 14.0. The molecule has 0 spiro atoms. The van der Waals surface area contributed by atoms with Gasteiger partial charge < -0.3 is 15.1 Å². The number of carbonyl (C=O) groups is 2. The molecule has 32 heavy (non-hydrogen) atoms. The lowest BCUT2D eigenvalue weighted by atomic mass is 10.1. The van der Waals surface area contributed by atoms with Crippen molar-refractivity contribution in [2.75, 3.05) is 25.0 Å². The molecule has 2 aromatic rings. The maximum atomic E-state index is 14.0. The van der Waals surface area contributed by atoms with E-state index in [-0.39, 0.29) is 31.1 Å². The molecule has 2 saturated heterocycles. The fourth-order valence-electron chi connectivity index (χ4n) is 5.12. The van der Waals surface area contributed by atoms with Crippen molar-refractivity contribution in [2.45, 2.75) is 58.8 Å². The van der Waals surface area contributed by atoms with Crippen molar-refractivity contribution >= 4 is 17.8 Å². The minimum atomic E-state index is -0.586. The Morgan fingerprint density at radius 3 is 2.75 bits per heavy atom. The van der Waals surface area contributed by atoms with Gasteiger partial charge in [0.15, 0.2) is 5.82 Å². The highest BCUT2D eigenvalue weighted by Crippen LogP contribution is 2.37. The largest absolute Gasteiger partial charge is 0.321 e. The Hall–Kier alpha value is -2.94. The van der Waals surface area contributed by atoms with Gasteiger partial charge in [-0.25, -0.2) is 9.18 Å². The van der Waals surface area contributed by atoms with Crippen LogP contribution in [0, 0.1) is 5.82 Å². The lowest BCUT2D eigenvalue weighted by Gasteiger charge is -2.44. The minimum Gasteiger partial charge on any atom is -0.319 e. The van der Waals surface area contributed by atoms with E-state index in [9.17, 15) is 14.0 Å². The predicted octanol–water partition coefficient (Wildman–Crippen LogP) is 3.60. The molecular formula is C23H31FN6O2. The number of hydrogen-bond acceptors (Lipinski definition) is 4. The van der Waals surface area contributed by atoms with E-state index in [0.717, 1.165) is 37.3 Å². The molecule has 2 N–H and O–H groups in total. The summed E-state index contributed by atoms with van der Waals surface area (Å²) in [6, 6.07) is 6.28. The number of H-pyrrole nitrogens is 1. The summed E-state index contributed by atoms with van der Waals surface area (Å²) in [5.74, 6) is -0.799. The number of carbonyl (C=O) groups excluding carboxylic acids is 2. The summed E-state index contributed by atoms with van der Waals surface area (Å²) in [4.78, 5) is 32.3. The summed E-state index contributed by atoms with van der Waals surface area (Å²) in [7, 11) is 0. The lowest BCUT2D eigenvalue weighted by molar-refractivity contribution is 0.0580. The Bertz CT molecular complexity index is 1020. The number of anilines is 1. The van der Waals surface area contributed by atoms with Gasteiger partial charge in [-0.05, 0) is 45.4 Å². The number of urea groups is 1. The highest BCUT2D eigenvalue weighted by molar-refractivity contribution is 6.04. The van der Waals surface area contributed by atoms with Crippen LogP contribution in [0.1, 0.15) is 61.8 Å². The van der Waals surface area contributed by atoms with Crippen molar-refractivity contribution in [1.29, 1.82) is 0 Å². The Balaban J connectivity index is 0.00000245. The molecule has 4 heterocycles. The van der Waals surface area contributed by atoms with Crippen LogP contribution in [0.4, 0.5) is 15.0 Å². The molecule has 3 aliphatic heterocycles. The average molecular weight is 443 g/mol. The molecule has 1 aromatic heterocycles. The number of hydrogen-bond donors (Lipinski definition) is 2. The summed E-state index contributed by atoms with van der Waals surface area (Å²) < 4.78 is 14.0. The van der Waals surface area contributed by atoms with Crippen molar-refractivity contribution in [3.8, 4) is 0 Å². The third kappa shape index (κ3) is 3.64. The van der Waals surface area contributed by atoms with Gasteiger partial charge in [-0.3, -0.25) is 14.8 Å². The molecule has 9 heteroatoms. The number of aromatic amines is 1. The standard InChI is InChI=1S/C22H27FN6O2.CH4/c1-13-10-27-9-5-6-15(27)11-28(13)22(31)29-12-17-19(14(29)2)25-26-20(17)24-21(30)16-7-3-4-8-18(16)23;/h3-4,7-8,13-15H,5-6,9-12H2,1-2H3,(H2,24,25,26,30);1H4/t13-,14?,15-;/m0./s1. The summed E-state index contributed by atoms with van der Waals surface area (Å²) in [5.41, 5.74) is 1.54. The summed E-state index contributed by atoms with van der Waals surface area (Å²) in [6.45, 7) is 7.21. The van der Waals surface area contributed by atoms with Gasteiger partial charge in [0, 0.05) is 30.7 Å². The van der Waals surface area contributed by atoms with E-state index in [0.29, 0.717) is 18.4 Å². The smallest absolute Gasteiger partial charge is 0.319 e. The molecule has 1 aromatic carbocycles. The fraction of sp³-hybridized carbons (Fsp3) is 0.522. The van der Waals surface area contributed by atoms with Crippen molar-refractivity contribution in [3.05, 3.63) is 46.9 Å². The number of halogens is 1. The number of piperazine rings is 1. The molecule has 0 radical (unpaired) electrons. The number of amides is 3. The molecule has 2 fully saturated rings. The van der Waals surface area contributed by atoms with Crippen molar-refractivity contribution < 1.29 is 14.0 Å². The molecule has 0 aliphatic carbocycles. The lowest BCUT2D eigenvalue weighted by Crippen LogP contribution is -2.59. The summed E-state index contributed by atoms with van der Waals surface area (Å²) in [5, 5.41) is 9.87. The average Bonchev–Trinajstić information content (AvgIpc) is 3.44. The highest BCUT2D eigenvalue weighted by Gasteiger charge is 2.42. The molecule has 0 saturated carbocycles. The van der Waals surface area contributed by atoms with Gasteiger partial charge in [-0.15, -0.1) is 0 Å². The molecule has 0 bridgehead atoms. The van der Waals surface area contributed by atoms with Crippen molar-refractivity contribution in [3.63, 3.8) is 0 Å². The summed E-state index contributed by atoms with van der Waals surface area (Å²) >= 11 is 0. The first-order valence-corrected chi connectivity index (χ1v) is 10.9. The zero-order chi connectivity index (χ0) is 21.7. The minimum absolute atomic E-state index is 0. The number of aromatic nitrogens is 2. The van der Waals surface area contributed by atoms with Crippen LogP contribution in [0.3, 0.4) is 0 Å². The first-order chi connectivity index (χ1) is 14.9. The van der Waals surface area contributed by atoms with Crippen LogP contribution in [0.5, 0.6) is 0 Å². The Morgan fingerprint density at radius 1 is 1.19 bits per heavy atom. The second-order valence-electron chi connectivity index (χ2n) is 8.78. The number of nitrogens with zero attached hydrogens (tertiary/aromatic N) is 4. The van der Waals surface area contributed by atoms with E-state index >= 15 is 0 Å². The highest BCUT2D eigenvalue weighted by atomic mass is 19.1. The molecule has 8 nitrogen and oxygen atoms in total. The van der Waals surface area contributed by atoms with Crippen LogP contribution < -0.4 is 5.32 Å². The molecule has 3 aliphatic rings. The van der Waals surface area contributed by atoms with E-state index < -0.39 is 11.7 Å². The van der Waals surface area contributed by atoms with Gasteiger partial charge in [0.25, 0.3) is 5.91 Å². The van der Waals surface area contributed by atoms with Crippen LogP contribution in [0.25, 0.3) is 0 Å². The van der Waals surface area contributed by atoms with Gasteiger partial charge in [-0.2, -0.15) is 5.10 Å². The van der Waals surface area contributed by atoms with Crippen molar-refractivity contribution in [2.24, 2.45) is 0 Å². The van der Waals surface area contributed by atoms with E-state index in [1.54, 1.807) is 6.07 Å². The summed E-state index contributed by atoms with van der Waals surface area (Å²) in [6.07, 6.45) is 2.34. The quantitative estimate of drug-likeness (QED) is 0.744. The molecule has 3 atom stereocenters. The molecular weight excluding hydrogens is 411 g/mol. The normalized spacial score (nSPS) is 24.7. The fourth-order valence-corrected chi connectivity index (χ4v) is 5.12. The van der Waals surface area contributed by atoms with Crippen molar-refractivity contribution in [1.82, 2.24) is 24.9 Å². The number of rotatable bonds is 2. The van der Waals surface area contributed by atoms with E-state index in [1.165, 1.54) is 24.6 Å². The topological polar surface area (TPSA) is 84.6 Å². The first-order valence-electron chi connectivity index (χ1n) is 10.9. The Kier molecular flexibility index (Phi) is 5.94. The SMILES string of the molecule is C.CC1c2[nH]nc(NC(=O)c3ccccc3F)c2CN1C(=O)N1C[C@@H]2CCCN2C[C@@H]1C. The van der Waals surface area contributed by atoms with E-state index in [4.69, 9.17) is 0 Å². The Labute approximate surface area is 187 Å². The van der Waals surface area contributed by atoms with Gasteiger partial charge in [0.05, 0.1) is 23.8 Å². The number of fused-ring (bicyclic) bond motifs is 2. The zero-order valence-electron chi connectivity index (χ0n) is 17.8. The predicted molar refractivity (Wildman–Crippen MR) is 120 cm³/mol. The van der Waals surface area contributed by atoms with Crippen LogP contribution in [-0.2, 0) is 6.54 Å². The second-order valence-corrected chi connectivity index (χ2v) is 8.78. The third-order valence-electron chi connectivity index (χ3n) is 6.89. The van der Waals surface area contributed by atoms with Crippen LogP contribution in [0.15, 0.2) is 24.3 Å². The van der Waals surface area contributed by atoms with Gasteiger partial charge >= 0.3 is 6.03 Å². The van der Waals surface area contributed by atoms with Gasteiger partial charge in [-0.1, -0.05) is 19.6 Å². The van der Waals surface area contributed by atoms with Gasteiger partial charge in [0.2, 0.25) is 0 Å². The van der Waals surface area contributed by atoms with E-state index in [2.05, 4.69) is 27.3 Å². The maximum Gasteiger partial charge on any atom is 0.321 e. The van der Waals surface area contributed by atoms with Gasteiger partial charge in [0.1, 0.15) is 5.82 Å². The van der Waals surface area contributed by atoms with Crippen LogP contribution in [0.2, 0.25) is 0 Å². The number of benzene rings is 1. The molecule has 1 unspecified atom stereocenters. The Morgan fingerprint density at radius 2 is 1.97 bits per heavy atom. The van der Waals surface area contributed by atoms with Crippen LogP contribution in [-0.4, -0.2) is 68.6 Å². The second kappa shape index (κ2) is 8.54. The first kappa shape index (κ1) is 22.3. The monoisotopic (exact) mass is 442 g/mol. The zero-order valence-corrected chi connectivity index (χ0v) is 17.8.